The van der Waals surface area contributed by atoms with Crippen LogP contribution < -0.4 is 5.32 Å². The Labute approximate surface area is 207 Å². The first-order valence-corrected chi connectivity index (χ1v) is 11.6. The van der Waals surface area contributed by atoms with E-state index < -0.39 is 0 Å². The minimum Gasteiger partial charge on any atom is -0.340 e. The molecule has 0 spiro atoms. The van der Waals surface area contributed by atoms with Crippen molar-refractivity contribution in [3.8, 4) is 0 Å². The standard InChI is InChI=1S/C27H25N7O2/c1-4-34-25(12-17(2)32-34)27(36)29-20-7-5-6-18(13-20)26(35)19-8-10-22-23(30-31-24(22)14-19)11-9-21-15-33(3)16-28-21/h5-16H,4H2,1-3H3,(H,29,36)(H,30,31). The quantitative estimate of drug-likeness (QED) is 0.335. The molecule has 0 saturated heterocycles. The van der Waals surface area contributed by atoms with E-state index in [9.17, 15) is 9.59 Å². The highest BCUT2D eigenvalue weighted by Gasteiger charge is 2.16. The van der Waals surface area contributed by atoms with Gasteiger partial charge in [0, 0.05) is 42.0 Å². The average molecular weight is 480 g/mol. The third-order valence-electron chi connectivity index (χ3n) is 5.81. The van der Waals surface area contributed by atoms with Crippen molar-refractivity contribution < 1.29 is 9.59 Å². The maximum Gasteiger partial charge on any atom is 0.273 e. The van der Waals surface area contributed by atoms with Crippen LogP contribution in [0.1, 0.15) is 50.4 Å². The summed E-state index contributed by atoms with van der Waals surface area (Å²) in [7, 11) is 1.92. The Kier molecular flexibility index (Phi) is 6.03. The smallest absolute Gasteiger partial charge is 0.273 e. The molecule has 180 valence electrons. The molecule has 0 saturated carbocycles. The lowest BCUT2D eigenvalue weighted by atomic mass is 10.0. The van der Waals surface area contributed by atoms with E-state index in [1.807, 2.05) is 49.9 Å². The van der Waals surface area contributed by atoms with Crippen LogP contribution in [0.25, 0.3) is 23.1 Å². The SMILES string of the molecule is CCn1nc(C)cc1C(=O)Nc1cccc(C(=O)c2ccc3c(C=Cc4cn(C)cn4)n[nH]c3c2)c1. The van der Waals surface area contributed by atoms with Crippen molar-refractivity contribution in [1.29, 1.82) is 0 Å². The molecule has 1 amide bonds. The van der Waals surface area contributed by atoms with Gasteiger partial charge in [0.25, 0.3) is 5.91 Å². The summed E-state index contributed by atoms with van der Waals surface area (Å²) in [5.41, 5.74) is 5.14. The fraction of sp³-hybridized carbons (Fsp3) is 0.148. The maximum absolute atomic E-state index is 13.2. The fourth-order valence-electron chi connectivity index (χ4n) is 4.06. The van der Waals surface area contributed by atoms with Crippen molar-refractivity contribution in [2.75, 3.05) is 5.32 Å². The number of carbonyl (C=O) groups excluding carboxylic acids is 2. The normalized spacial score (nSPS) is 11.4. The van der Waals surface area contributed by atoms with Crippen molar-refractivity contribution in [3.63, 3.8) is 0 Å². The molecule has 0 aliphatic heterocycles. The number of amides is 1. The number of ketones is 1. The van der Waals surface area contributed by atoms with E-state index >= 15 is 0 Å². The summed E-state index contributed by atoms with van der Waals surface area (Å²) in [6.45, 7) is 4.36. The molecule has 0 fully saturated rings. The Morgan fingerprint density at radius 1 is 1.08 bits per heavy atom. The average Bonchev–Trinajstić information content (AvgIpc) is 3.59. The first-order valence-electron chi connectivity index (χ1n) is 11.6. The molecule has 0 aliphatic rings. The van der Waals surface area contributed by atoms with Gasteiger partial charge >= 0.3 is 0 Å². The number of nitrogens with one attached hydrogen (secondary N) is 2. The summed E-state index contributed by atoms with van der Waals surface area (Å²) >= 11 is 0. The van der Waals surface area contributed by atoms with Crippen LogP contribution in [-0.2, 0) is 13.6 Å². The molecule has 2 N–H and O–H groups in total. The lowest BCUT2D eigenvalue weighted by Crippen LogP contribution is -2.17. The van der Waals surface area contributed by atoms with E-state index in [4.69, 9.17) is 0 Å². The zero-order valence-corrected chi connectivity index (χ0v) is 20.2. The van der Waals surface area contributed by atoms with Gasteiger partial charge in [-0.2, -0.15) is 10.2 Å². The van der Waals surface area contributed by atoms with Crippen LogP contribution in [0.4, 0.5) is 5.69 Å². The number of anilines is 1. The molecule has 3 heterocycles. The van der Waals surface area contributed by atoms with Crippen LogP contribution in [0.3, 0.4) is 0 Å². The highest BCUT2D eigenvalue weighted by atomic mass is 16.2. The van der Waals surface area contributed by atoms with E-state index in [0.717, 1.165) is 28.0 Å². The number of aryl methyl sites for hydroxylation is 3. The van der Waals surface area contributed by atoms with Gasteiger partial charge in [-0.3, -0.25) is 19.4 Å². The Morgan fingerprint density at radius 2 is 1.92 bits per heavy atom. The molecule has 2 aromatic carbocycles. The third kappa shape index (κ3) is 4.58. The number of hydrogen-bond acceptors (Lipinski definition) is 5. The molecule has 9 heteroatoms. The Hall–Kier alpha value is -4.79. The van der Waals surface area contributed by atoms with E-state index in [-0.39, 0.29) is 11.7 Å². The lowest BCUT2D eigenvalue weighted by Gasteiger charge is -2.08. The molecule has 0 bridgehead atoms. The second-order valence-corrected chi connectivity index (χ2v) is 8.52. The molecule has 0 radical (unpaired) electrons. The number of fused-ring (bicyclic) bond motifs is 1. The summed E-state index contributed by atoms with van der Waals surface area (Å²) in [4.78, 5) is 30.3. The zero-order chi connectivity index (χ0) is 25.2. The van der Waals surface area contributed by atoms with Gasteiger partial charge in [-0.1, -0.05) is 18.2 Å². The Balaban J connectivity index is 1.35. The summed E-state index contributed by atoms with van der Waals surface area (Å²) < 4.78 is 3.53. The zero-order valence-electron chi connectivity index (χ0n) is 20.2. The topological polar surface area (TPSA) is 110 Å². The number of benzene rings is 2. The predicted molar refractivity (Wildman–Crippen MR) is 139 cm³/mol. The molecule has 0 atom stereocenters. The molecule has 0 aliphatic carbocycles. The predicted octanol–water partition coefficient (Wildman–Crippen LogP) is 4.47. The number of imidazole rings is 1. The van der Waals surface area contributed by atoms with Crippen molar-refractivity contribution in [2.24, 2.45) is 7.05 Å². The van der Waals surface area contributed by atoms with Gasteiger partial charge < -0.3 is 9.88 Å². The van der Waals surface area contributed by atoms with Crippen molar-refractivity contribution in [2.45, 2.75) is 20.4 Å². The van der Waals surface area contributed by atoms with Gasteiger partial charge in [0.2, 0.25) is 0 Å². The van der Waals surface area contributed by atoms with Gasteiger partial charge in [0.15, 0.2) is 5.78 Å². The molecular formula is C27H25N7O2. The first-order chi connectivity index (χ1) is 17.4. The molecule has 36 heavy (non-hydrogen) atoms. The van der Waals surface area contributed by atoms with Gasteiger partial charge in [-0.05, 0) is 56.3 Å². The first kappa shape index (κ1) is 23.0. The molecular weight excluding hydrogens is 454 g/mol. The summed E-state index contributed by atoms with van der Waals surface area (Å²) in [5.74, 6) is -0.421. The second-order valence-electron chi connectivity index (χ2n) is 8.52. The number of aromatic nitrogens is 6. The molecule has 0 unspecified atom stereocenters. The third-order valence-corrected chi connectivity index (χ3v) is 5.81. The monoisotopic (exact) mass is 479 g/mol. The number of nitrogens with zero attached hydrogens (tertiary/aromatic N) is 5. The van der Waals surface area contributed by atoms with Gasteiger partial charge in [0.1, 0.15) is 5.69 Å². The highest BCUT2D eigenvalue weighted by molar-refractivity contribution is 6.12. The largest absolute Gasteiger partial charge is 0.340 e. The number of aromatic amines is 1. The minimum absolute atomic E-state index is 0.150. The minimum atomic E-state index is -0.271. The van der Waals surface area contributed by atoms with E-state index in [2.05, 4.69) is 25.6 Å². The maximum atomic E-state index is 13.2. The summed E-state index contributed by atoms with van der Waals surface area (Å²) in [5, 5.41) is 15.5. The van der Waals surface area contributed by atoms with Crippen molar-refractivity contribution in [3.05, 3.63) is 95.0 Å². The van der Waals surface area contributed by atoms with E-state index in [0.29, 0.717) is 29.1 Å². The van der Waals surface area contributed by atoms with E-state index in [1.54, 1.807) is 53.5 Å². The Morgan fingerprint density at radius 3 is 2.69 bits per heavy atom. The number of carbonyl (C=O) groups is 2. The highest BCUT2D eigenvalue weighted by Crippen LogP contribution is 2.22. The Bertz CT molecular complexity index is 1620. The van der Waals surface area contributed by atoms with Gasteiger partial charge in [-0.15, -0.1) is 0 Å². The molecule has 5 rings (SSSR count). The van der Waals surface area contributed by atoms with Crippen LogP contribution in [0.2, 0.25) is 0 Å². The van der Waals surface area contributed by atoms with Gasteiger partial charge in [-0.25, -0.2) is 4.98 Å². The number of hydrogen-bond donors (Lipinski definition) is 2. The van der Waals surface area contributed by atoms with Crippen LogP contribution >= 0.6 is 0 Å². The fourth-order valence-corrected chi connectivity index (χ4v) is 4.06. The summed E-state index contributed by atoms with van der Waals surface area (Å²) in [6.07, 6.45) is 7.43. The molecule has 3 aromatic heterocycles. The number of rotatable bonds is 7. The molecule has 5 aromatic rings. The van der Waals surface area contributed by atoms with Crippen LogP contribution in [-0.4, -0.2) is 41.2 Å². The molecule has 9 nitrogen and oxygen atoms in total. The summed E-state index contributed by atoms with van der Waals surface area (Å²) in [6, 6.07) is 14.1. The van der Waals surface area contributed by atoms with E-state index in [1.165, 1.54) is 0 Å². The van der Waals surface area contributed by atoms with Gasteiger partial charge in [0.05, 0.1) is 28.9 Å². The second kappa shape index (κ2) is 9.46. The van der Waals surface area contributed by atoms with Crippen molar-refractivity contribution >= 4 is 40.4 Å². The van der Waals surface area contributed by atoms with Crippen LogP contribution in [0, 0.1) is 6.92 Å². The lowest BCUT2D eigenvalue weighted by molar-refractivity contribution is 0.101. The van der Waals surface area contributed by atoms with Crippen LogP contribution in [0.15, 0.2) is 61.1 Å². The van der Waals surface area contributed by atoms with Crippen molar-refractivity contribution in [1.82, 2.24) is 29.5 Å². The number of H-pyrrole nitrogens is 1. The van der Waals surface area contributed by atoms with Crippen LogP contribution in [0.5, 0.6) is 0 Å².